The Kier molecular flexibility index (Phi) is 2.01. The largest absolute Gasteiger partial charge is 0.389 e. The van der Waals surface area contributed by atoms with Crippen LogP contribution in [0, 0.1) is 0 Å². The second-order valence-electron chi connectivity index (χ2n) is 4.98. The molecule has 2 saturated carbocycles. The predicted molar refractivity (Wildman–Crippen MR) is 55.3 cm³/mol. The lowest BCUT2D eigenvalue weighted by atomic mass is 9.80. The van der Waals surface area contributed by atoms with Crippen molar-refractivity contribution in [2.45, 2.75) is 62.6 Å². The van der Waals surface area contributed by atoms with Crippen LogP contribution in [0.5, 0.6) is 0 Å². The highest BCUT2D eigenvalue weighted by Gasteiger charge is 2.40. The molecule has 78 valence electrons. The average molecular weight is 194 g/mol. The lowest BCUT2D eigenvalue weighted by Gasteiger charge is -2.35. The van der Waals surface area contributed by atoms with Gasteiger partial charge in [-0.05, 0) is 38.5 Å². The van der Waals surface area contributed by atoms with Crippen molar-refractivity contribution in [2.75, 3.05) is 0 Å². The van der Waals surface area contributed by atoms with E-state index in [2.05, 4.69) is 10.5 Å². The van der Waals surface area contributed by atoms with Crippen LogP contribution in [0.1, 0.15) is 44.9 Å². The van der Waals surface area contributed by atoms with Crippen LogP contribution in [-0.2, 0) is 4.84 Å². The fourth-order valence-electron chi connectivity index (χ4n) is 2.58. The van der Waals surface area contributed by atoms with Gasteiger partial charge in [-0.2, -0.15) is 0 Å². The maximum absolute atomic E-state index is 5.49. The number of nitrogens with zero attached hydrogens (tertiary/aromatic N) is 1. The molecule has 1 spiro atoms. The maximum Gasteiger partial charge on any atom is 0.142 e. The first-order valence-electron chi connectivity index (χ1n) is 5.82. The Labute approximate surface area is 84.9 Å². The third-order valence-electron chi connectivity index (χ3n) is 3.73. The van der Waals surface area contributed by atoms with Crippen molar-refractivity contribution in [3.8, 4) is 0 Å². The van der Waals surface area contributed by atoms with Crippen LogP contribution in [0.15, 0.2) is 5.16 Å². The Morgan fingerprint density at radius 2 is 1.86 bits per heavy atom. The zero-order chi connectivity index (χ0) is 9.43. The molecule has 0 saturated heterocycles. The zero-order valence-electron chi connectivity index (χ0n) is 8.54. The van der Waals surface area contributed by atoms with Gasteiger partial charge in [0.25, 0.3) is 0 Å². The summed E-state index contributed by atoms with van der Waals surface area (Å²) in [4.78, 5) is 5.49. The van der Waals surface area contributed by atoms with Crippen LogP contribution < -0.4 is 5.32 Å². The monoisotopic (exact) mass is 194 g/mol. The highest BCUT2D eigenvalue weighted by Crippen LogP contribution is 2.37. The number of nitrogens with one attached hydrogen (secondary N) is 1. The standard InChI is InChI=1S/C11H18N2O/c1-2-9(1)13-10-3-5-11(6-4-10)7-8-12-14-11/h8-10,13H,1-7H2. The second-order valence-corrected chi connectivity index (χ2v) is 4.98. The predicted octanol–water partition coefficient (Wildman–Crippen LogP) is 1.83. The molecule has 3 heteroatoms. The maximum atomic E-state index is 5.49. The molecule has 0 radical (unpaired) electrons. The Morgan fingerprint density at radius 3 is 2.43 bits per heavy atom. The Hall–Kier alpha value is -0.570. The van der Waals surface area contributed by atoms with Gasteiger partial charge in [0.1, 0.15) is 5.60 Å². The van der Waals surface area contributed by atoms with E-state index in [1.165, 1.54) is 38.5 Å². The Morgan fingerprint density at radius 1 is 1.14 bits per heavy atom. The smallest absolute Gasteiger partial charge is 0.142 e. The lowest BCUT2D eigenvalue weighted by Crippen LogP contribution is -2.41. The first-order valence-corrected chi connectivity index (χ1v) is 5.82. The van der Waals surface area contributed by atoms with E-state index < -0.39 is 0 Å². The molecule has 1 heterocycles. The quantitative estimate of drug-likeness (QED) is 0.727. The van der Waals surface area contributed by atoms with Gasteiger partial charge in [0.2, 0.25) is 0 Å². The molecule has 14 heavy (non-hydrogen) atoms. The minimum Gasteiger partial charge on any atom is -0.389 e. The minimum absolute atomic E-state index is 0.0989. The summed E-state index contributed by atoms with van der Waals surface area (Å²) in [7, 11) is 0. The zero-order valence-corrected chi connectivity index (χ0v) is 8.54. The van der Waals surface area contributed by atoms with Crippen molar-refractivity contribution < 1.29 is 4.84 Å². The molecule has 0 aromatic carbocycles. The van der Waals surface area contributed by atoms with Crippen LogP contribution in [0.4, 0.5) is 0 Å². The Bertz CT molecular complexity index is 230. The highest BCUT2D eigenvalue weighted by atomic mass is 16.7. The van der Waals surface area contributed by atoms with Crippen molar-refractivity contribution in [2.24, 2.45) is 5.16 Å². The van der Waals surface area contributed by atoms with Gasteiger partial charge in [-0.15, -0.1) is 0 Å². The van der Waals surface area contributed by atoms with E-state index in [-0.39, 0.29) is 5.60 Å². The van der Waals surface area contributed by atoms with Crippen LogP contribution in [-0.4, -0.2) is 23.9 Å². The molecule has 0 amide bonds. The fraction of sp³-hybridized carbons (Fsp3) is 0.909. The molecule has 2 fully saturated rings. The number of oxime groups is 1. The minimum atomic E-state index is 0.0989. The van der Waals surface area contributed by atoms with Gasteiger partial charge in [0.15, 0.2) is 0 Å². The topological polar surface area (TPSA) is 33.6 Å². The molecule has 1 aliphatic heterocycles. The summed E-state index contributed by atoms with van der Waals surface area (Å²) < 4.78 is 0. The van der Waals surface area contributed by atoms with Gasteiger partial charge in [-0.25, -0.2) is 0 Å². The van der Waals surface area contributed by atoms with Gasteiger partial charge in [0, 0.05) is 24.7 Å². The molecular weight excluding hydrogens is 176 g/mol. The van der Waals surface area contributed by atoms with Crippen molar-refractivity contribution in [3.05, 3.63) is 0 Å². The lowest BCUT2D eigenvalue weighted by molar-refractivity contribution is -0.0501. The third kappa shape index (κ3) is 1.65. The first kappa shape index (κ1) is 8.72. The molecule has 0 aromatic rings. The van der Waals surface area contributed by atoms with E-state index in [1.54, 1.807) is 0 Å². The van der Waals surface area contributed by atoms with Crippen LogP contribution in [0.3, 0.4) is 0 Å². The molecular formula is C11H18N2O. The van der Waals surface area contributed by atoms with Gasteiger partial charge in [-0.3, -0.25) is 0 Å². The van der Waals surface area contributed by atoms with Gasteiger partial charge < -0.3 is 10.2 Å². The summed E-state index contributed by atoms with van der Waals surface area (Å²) in [5.41, 5.74) is 0.0989. The van der Waals surface area contributed by atoms with Crippen molar-refractivity contribution in [3.63, 3.8) is 0 Å². The molecule has 3 rings (SSSR count). The van der Waals surface area contributed by atoms with Crippen molar-refractivity contribution in [1.29, 1.82) is 0 Å². The van der Waals surface area contributed by atoms with Crippen LogP contribution in [0.25, 0.3) is 0 Å². The third-order valence-corrected chi connectivity index (χ3v) is 3.73. The van der Waals surface area contributed by atoms with E-state index in [9.17, 15) is 0 Å². The average Bonchev–Trinajstić information content (AvgIpc) is 2.91. The summed E-state index contributed by atoms with van der Waals surface area (Å²) in [5, 5.41) is 7.62. The molecule has 3 aliphatic rings. The van der Waals surface area contributed by atoms with E-state index in [0.29, 0.717) is 0 Å². The summed E-state index contributed by atoms with van der Waals surface area (Å²) in [6, 6.07) is 1.59. The van der Waals surface area contributed by atoms with E-state index >= 15 is 0 Å². The molecule has 1 N–H and O–H groups in total. The summed E-state index contributed by atoms with van der Waals surface area (Å²) in [6.45, 7) is 0. The van der Waals surface area contributed by atoms with Crippen LogP contribution >= 0.6 is 0 Å². The van der Waals surface area contributed by atoms with Crippen LogP contribution in [0.2, 0.25) is 0 Å². The first-order chi connectivity index (χ1) is 6.86. The summed E-state index contributed by atoms with van der Waals surface area (Å²) in [6.07, 6.45) is 10.6. The van der Waals surface area contributed by atoms with Crippen molar-refractivity contribution >= 4 is 6.21 Å². The van der Waals surface area contributed by atoms with E-state index in [1.807, 2.05) is 6.21 Å². The molecule has 0 atom stereocenters. The van der Waals surface area contributed by atoms with Gasteiger partial charge in [-0.1, -0.05) is 5.16 Å². The van der Waals surface area contributed by atoms with E-state index in [0.717, 1.165) is 18.5 Å². The molecule has 0 aromatic heterocycles. The van der Waals surface area contributed by atoms with Gasteiger partial charge >= 0.3 is 0 Å². The number of hydrogen-bond donors (Lipinski definition) is 1. The molecule has 3 nitrogen and oxygen atoms in total. The number of hydrogen-bond acceptors (Lipinski definition) is 3. The van der Waals surface area contributed by atoms with E-state index in [4.69, 9.17) is 4.84 Å². The SMILES string of the molecule is C1=NOC2(C1)CCC(NC1CC1)CC2. The molecule has 0 bridgehead atoms. The molecule has 2 aliphatic carbocycles. The van der Waals surface area contributed by atoms with Crippen molar-refractivity contribution in [1.82, 2.24) is 5.32 Å². The summed E-state index contributed by atoms with van der Waals surface area (Å²) >= 11 is 0. The molecule has 0 unspecified atom stereocenters. The fourth-order valence-corrected chi connectivity index (χ4v) is 2.58. The second kappa shape index (κ2) is 3.23. The normalized spacial score (nSPS) is 41.6. The summed E-state index contributed by atoms with van der Waals surface area (Å²) in [5.74, 6) is 0. The Balaban J connectivity index is 1.51. The number of rotatable bonds is 2. The highest BCUT2D eigenvalue weighted by molar-refractivity contribution is 5.59. The van der Waals surface area contributed by atoms with Gasteiger partial charge in [0.05, 0.1) is 0 Å².